The van der Waals surface area contributed by atoms with Crippen LogP contribution in [0.5, 0.6) is 0 Å². The molecule has 0 atom stereocenters. The molecule has 1 saturated heterocycles. The quantitative estimate of drug-likeness (QED) is 0.752. The highest BCUT2D eigenvalue weighted by molar-refractivity contribution is 5.92. The summed E-state index contributed by atoms with van der Waals surface area (Å²) in [6.07, 6.45) is 4.34. The van der Waals surface area contributed by atoms with Crippen molar-refractivity contribution in [2.45, 2.75) is 32.6 Å². The van der Waals surface area contributed by atoms with Gasteiger partial charge in [0, 0.05) is 30.4 Å². The molecule has 3 nitrogen and oxygen atoms in total. The standard InChI is InChI=1S/C20H23N3/c1-14-15(2)22-19-18(14)8-11-21-20(19)23-12-9-17(10-13-23)16-6-4-3-5-7-16/h3-8,11,17,22H,9-10,12-13H2,1-2H3. The van der Waals surface area contributed by atoms with Crippen LogP contribution in [0, 0.1) is 13.8 Å². The minimum absolute atomic E-state index is 0.679. The molecule has 1 N–H and O–H groups in total. The summed E-state index contributed by atoms with van der Waals surface area (Å²) in [5.74, 6) is 1.80. The van der Waals surface area contributed by atoms with Gasteiger partial charge in [0.15, 0.2) is 5.82 Å². The lowest BCUT2D eigenvalue weighted by atomic mass is 9.89. The number of fused-ring (bicyclic) bond motifs is 1. The lowest BCUT2D eigenvalue weighted by Gasteiger charge is -2.33. The molecule has 23 heavy (non-hydrogen) atoms. The summed E-state index contributed by atoms with van der Waals surface area (Å²) in [4.78, 5) is 10.7. The third kappa shape index (κ3) is 2.50. The van der Waals surface area contributed by atoms with Crippen molar-refractivity contribution in [2.24, 2.45) is 0 Å². The summed E-state index contributed by atoms with van der Waals surface area (Å²) in [5, 5.41) is 1.30. The maximum Gasteiger partial charge on any atom is 0.152 e. The Morgan fingerprint density at radius 3 is 2.52 bits per heavy atom. The van der Waals surface area contributed by atoms with Crippen LogP contribution in [-0.2, 0) is 0 Å². The first-order valence-corrected chi connectivity index (χ1v) is 8.48. The third-order valence-electron chi connectivity index (χ3n) is 5.28. The topological polar surface area (TPSA) is 31.9 Å². The molecule has 0 aliphatic carbocycles. The van der Waals surface area contributed by atoms with Gasteiger partial charge in [0.1, 0.15) is 0 Å². The van der Waals surface area contributed by atoms with Crippen molar-refractivity contribution >= 4 is 16.7 Å². The first-order valence-electron chi connectivity index (χ1n) is 8.48. The number of nitrogens with zero attached hydrogens (tertiary/aromatic N) is 2. The maximum absolute atomic E-state index is 4.68. The van der Waals surface area contributed by atoms with E-state index in [-0.39, 0.29) is 0 Å². The molecule has 3 aromatic rings. The van der Waals surface area contributed by atoms with Gasteiger partial charge in [0.05, 0.1) is 5.52 Å². The summed E-state index contributed by atoms with van der Waals surface area (Å²) in [6.45, 7) is 6.46. The van der Waals surface area contributed by atoms with Gasteiger partial charge in [0.25, 0.3) is 0 Å². The second-order valence-corrected chi connectivity index (χ2v) is 6.60. The smallest absolute Gasteiger partial charge is 0.152 e. The highest BCUT2D eigenvalue weighted by Gasteiger charge is 2.23. The predicted molar refractivity (Wildman–Crippen MR) is 96.2 cm³/mol. The summed E-state index contributed by atoms with van der Waals surface area (Å²) in [5.41, 5.74) is 5.25. The average Bonchev–Trinajstić information content (AvgIpc) is 2.91. The number of aryl methyl sites for hydroxylation is 2. The molecule has 4 rings (SSSR count). The number of pyridine rings is 1. The molecule has 1 aliphatic rings. The Labute approximate surface area is 137 Å². The average molecular weight is 305 g/mol. The van der Waals surface area contributed by atoms with Gasteiger partial charge < -0.3 is 9.88 Å². The molecular formula is C20H23N3. The van der Waals surface area contributed by atoms with E-state index >= 15 is 0 Å². The number of anilines is 1. The molecule has 1 fully saturated rings. The highest BCUT2D eigenvalue weighted by atomic mass is 15.2. The van der Waals surface area contributed by atoms with Gasteiger partial charge in [0.2, 0.25) is 0 Å². The molecule has 0 unspecified atom stereocenters. The number of H-pyrrole nitrogens is 1. The number of hydrogen-bond donors (Lipinski definition) is 1. The maximum atomic E-state index is 4.68. The Morgan fingerprint density at radius 1 is 1.04 bits per heavy atom. The van der Waals surface area contributed by atoms with Crippen LogP contribution in [0.3, 0.4) is 0 Å². The van der Waals surface area contributed by atoms with Crippen LogP contribution in [0.1, 0.15) is 35.6 Å². The molecule has 0 bridgehead atoms. The van der Waals surface area contributed by atoms with Gasteiger partial charge in [-0.1, -0.05) is 30.3 Å². The summed E-state index contributed by atoms with van der Waals surface area (Å²) in [7, 11) is 0. The van der Waals surface area contributed by atoms with Crippen molar-refractivity contribution in [1.29, 1.82) is 0 Å². The van der Waals surface area contributed by atoms with Crippen LogP contribution < -0.4 is 4.90 Å². The highest BCUT2D eigenvalue weighted by Crippen LogP contribution is 2.33. The number of aromatic nitrogens is 2. The van der Waals surface area contributed by atoms with E-state index in [9.17, 15) is 0 Å². The Bertz CT molecular complexity index is 812. The van der Waals surface area contributed by atoms with Crippen molar-refractivity contribution in [1.82, 2.24) is 9.97 Å². The van der Waals surface area contributed by atoms with Crippen LogP contribution >= 0.6 is 0 Å². The van der Waals surface area contributed by atoms with Gasteiger partial charge in [-0.25, -0.2) is 4.98 Å². The molecule has 118 valence electrons. The van der Waals surface area contributed by atoms with Crippen molar-refractivity contribution in [2.75, 3.05) is 18.0 Å². The normalized spacial score (nSPS) is 16.2. The molecule has 1 aromatic carbocycles. The van der Waals surface area contributed by atoms with Crippen molar-refractivity contribution < 1.29 is 0 Å². The van der Waals surface area contributed by atoms with Gasteiger partial charge >= 0.3 is 0 Å². The van der Waals surface area contributed by atoms with Crippen molar-refractivity contribution in [3.8, 4) is 0 Å². The summed E-state index contributed by atoms with van der Waals surface area (Å²) in [6, 6.07) is 13.0. The Balaban J connectivity index is 1.58. The molecule has 0 saturated carbocycles. The SMILES string of the molecule is Cc1[nH]c2c(N3CCC(c4ccccc4)CC3)nccc2c1C. The number of aromatic amines is 1. The zero-order chi connectivity index (χ0) is 15.8. The van der Waals surface area contributed by atoms with Crippen molar-refractivity contribution in [3.63, 3.8) is 0 Å². The van der Waals surface area contributed by atoms with Crippen LogP contribution in [0.15, 0.2) is 42.6 Å². The van der Waals surface area contributed by atoms with E-state index in [0.717, 1.165) is 18.9 Å². The lowest BCUT2D eigenvalue weighted by Crippen LogP contribution is -2.33. The molecule has 3 heteroatoms. The molecule has 3 heterocycles. The van der Waals surface area contributed by atoms with E-state index in [1.165, 1.54) is 40.6 Å². The molecule has 2 aromatic heterocycles. The zero-order valence-corrected chi connectivity index (χ0v) is 13.8. The van der Waals surface area contributed by atoms with Crippen molar-refractivity contribution in [3.05, 3.63) is 59.4 Å². The fourth-order valence-electron chi connectivity index (χ4n) is 3.76. The van der Waals surface area contributed by atoms with Crippen LogP contribution in [0.2, 0.25) is 0 Å². The fourth-order valence-corrected chi connectivity index (χ4v) is 3.76. The minimum atomic E-state index is 0.679. The van der Waals surface area contributed by atoms with E-state index in [2.05, 4.69) is 65.1 Å². The second kappa shape index (κ2) is 5.73. The minimum Gasteiger partial charge on any atom is -0.355 e. The third-order valence-corrected chi connectivity index (χ3v) is 5.28. The van der Waals surface area contributed by atoms with Crippen LogP contribution in [0.4, 0.5) is 5.82 Å². The number of benzene rings is 1. The van der Waals surface area contributed by atoms with E-state index in [1.807, 2.05) is 6.20 Å². The zero-order valence-electron chi connectivity index (χ0n) is 13.8. The van der Waals surface area contributed by atoms with E-state index in [1.54, 1.807) is 0 Å². The summed E-state index contributed by atoms with van der Waals surface area (Å²) >= 11 is 0. The van der Waals surface area contributed by atoms with Gasteiger partial charge in [-0.05, 0) is 49.8 Å². The first-order chi connectivity index (χ1) is 11.2. The molecule has 1 aliphatic heterocycles. The molecule has 0 radical (unpaired) electrons. The Kier molecular flexibility index (Phi) is 3.56. The predicted octanol–water partition coefficient (Wildman–Crippen LogP) is 4.56. The molecular weight excluding hydrogens is 282 g/mol. The van der Waals surface area contributed by atoms with Gasteiger partial charge in [-0.3, -0.25) is 0 Å². The van der Waals surface area contributed by atoms with Gasteiger partial charge in [-0.15, -0.1) is 0 Å². The Hall–Kier alpha value is -2.29. The fraction of sp³-hybridized carbons (Fsp3) is 0.350. The molecule has 0 spiro atoms. The Morgan fingerprint density at radius 2 is 1.78 bits per heavy atom. The lowest BCUT2D eigenvalue weighted by molar-refractivity contribution is 0.503. The number of rotatable bonds is 2. The summed E-state index contributed by atoms with van der Waals surface area (Å²) < 4.78 is 0. The molecule has 0 amide bonds. The number of nitrogens with one attached hydrogen (secondary N) is 1. The largest absolute Gasteiger partial charge is 0.355 e. The number of hydrogen-bond acceptors (Lipinski definition) is 2. The number of piperidine rings is 1. The monoisotopic (exact) mass is 305 g/mol. The van der Waals surface area contributed by atoms with Gasteiger partial charge in [-0.2, -0.15) is 0 Å². The van der Waals surface area contributed by atoms with Crippen LogP contribution in [-0.4, -0.2) is 23.1 Å². The van der Waals surface area contributed by atoms with E-state index in [0.29, 0.717) is 5.92 Å². The van der Waals surface area contributed by atoms with E-state index in [4.69, 9.17) is 0 Å². The second-order valence-electron chi connectivity index (χ2n) is 6.60. The van der Waals surface area contributed by atoms with Crippen LogP contribution in [0.25, 0.3) is 10.9 Å². The van der Waals surface area contributed by atoms with E-state index < -0.39 is 0 Å². The first kappa shape index (κ1) is 14.3.